The monoisotopic (exact) mass is 544 g/mol. The number of rotatable bonds is 6. The number of ether oxygens (including phenoxy) is 2. The number of carbonyl (C=O) groups excluding carboxylic acids is 2. The zero-order valence-corrected chi connectivity index (χ0v) is 23.9. The molecule has 3 aliphatic carbocycles. The van der Waals surface area contributed by atoms with Crippen molar-refractivity contribution in [2.24, 2.45) is 17.3 Å². The second kappa shape index (κ2) is 10.3. The van der Waals surface area contributed by atoms with Gasteiger partial charge in [0.1, 0.15) is 18.4 Å². The van der Waals surface area contributed by atoms with Crippen molar-refractivity contribution in [3.63, 3.8) is 0 Å². The zero-order valence-electron chi connectivity index (χ0n) is 23.9. The zero-order chi connectivity index (χ0) is 28.2. The van der Waals surface area contributed by atoms with E-state index in [0.29, 0.717) is 18.3 Å². The summed E-state index contributed by atoms with van der Waals surface area (Å²) in [5.74, 6) is 0.534. The van der Waals surface area contributed by atoms with Crippen molar-refractivity contribution in [1.82, 2.24) is 10.2 Å². The molecular weight excluding hydrogens is 502 g/mol. The first-order valence-electron chi connectivity index (χ1n) is 14.2. The van der Waals surface area contributed by atoms with E-state index in [9.17, 15) is 14.0 Å². The Morgan fingerprint density at radius 3 is 2.56 bits per heavy atom. The summed E-state index contributed by atoms with van der Waals surface area (Å²) in [5.41, 5.74) is 0.133. The predicted octanol–water partition coefficient (Wildman–Crippen LogP) is 4.94. The molecule has 5 fully saturated rings. The van der Waals surface area contributed by atoms with Crippen LogP contribution in [-0.4, -0.2) is 72.8 Å². The van der Waals surface area contributed by atoms with E-state index in [1.807, 2.05) is 30.3 Å². The number of nitrogens with zero attached hydrogens (tertiary/aromatic N) is 1. The molecule has 214 valence electrons. The average Bonchev–Trinajstić information content (AvgIpc) is 3.41. The quantitative estimate of drug-likeness (QED) is 0.511. The van der Waals surface area contributed by atoms with Gasteiger partial charge in [-0.05, 0) is 69.8 Å². The van der Waals surface area contributed by atoms with E-state index < -0.39 is 48.7 Å². The van der Waals surface area contributed by atoms with Gasteiger partial charge in [0, 0.05) is 6.42 Å². The minimum Gasteiger partial charge on any atom is -0.447 e. The smallest absolute Gasteiger partial charge is 0.447 e. The Kier molecular flexibility index (Phi) is 7.42. The third kappa shape index (κ3) is 5.64. The minimum absolute atomic E-state index is 0.0160. The summed E-state index contributed by atoms with van der Waals surface area (Å²) in [6, 6.07) is 9.27. The molecule has 2 bridgehead atoms. The van der Waals surface area contributed by atoms with Gasteiger partial charge in [0.05, 0.1) is 30.2 Å². The summed E-state index contributed by atoms with van der Waals surface area (Å²) >= 11 is 0. The molecule has 1 N–H and O–H groups in total. The Bertz CT molecular complexity index is 1070. The van der Waals surface area contributed by atoms with Crippen LogP contribution in [0, 0.1) is 17.3 Å². The number of carbonyl (C=O) groups is 2. The summed E-state index contributed by atoms with van der Waals surface area (Å²) in [4.78, 5) is 26.9. The van der Waals surface area contributed by atoms with Gasteiger partial charge in [-0.15, -0.1) is 0 Å². The van der Waals surface area contributed by atoms with E-state index in [2.05, 4.69) is 26.1 Å². The summed E-state index contributed by atoms with van der Waals surface area (Å²) in [7, 11) is -0.622. The molecule has 1 aromatic carbocycles. The highest BCUT2D eigenvalue weighted by molar-refractivity contribution is 6.47. The number of likely N-dealkylation sites (tertiary alicyclic amines) is 1. The van der Waals surface area contributed by atoms with Crippen LogP contribution in [0.2, 0.25) is 0 Å². The average molecular weight is 544 g/mol. The molecule has 6 rings (SSSR count). The number of halogens is 1. The van der Waals surface area contributed by atoms with Crippen LogP contribution in [0.15, 0.2) is 30.3 Å². The van der Waals surface area contributed by atoms with Crippen molar-refractivity contribution in [2.45, 2.75) is 103 Å². The van der Waals surface area contributed by atoms with Crippen LogP contribution >= 0.6 is 0 Å². The molecule has 10 heteroatoms. The van der Waals surface area contributed by atoms with E-state index in [4.69, 9.17) is 18.8 Å². The Labute approximate surface area is 231 Å². The highest BCUT2D eigenvalue weighted by Crippen LogP contribution is 2.65. The molecule has 1 aromatic rings. The molecule has 5 aliphatic rings. The summed E-state index contributed by atoms with van der Waals surface area (Å²) in [5, 5.41) is 2.96. The Balaban J connectivity index is 1.24. The first-order chi connectivity index (χ1) is 18.3. The molecule has 39 heavy (non-hydrogen) atoms. The number of benzene rings is 1. The van der Waals surface area contributed by atoms with E-state index in [-0.39, 0.29) is 31.1 Å². The lowest BCUT2D eigenvalue weighted by molar-refractivity contribution is -0.199. The highest BCUT2D eigenvalue weighted by atomic mass is 19.1. The summed E-state index contributed by atoms with van der Waals surface area (Å²) in [6.45, 7) is 11.8. The lowest BCUT2D eigenvalue weighted by Gasteiger charge is -2.64. The number of hydrogen-bond donors (Lipinski definition) is 1. The lowest BCUT2D eigenvalue weighted by Crippen LogP contribution is -2.65. The third-order valence-corrected chi connectivity index (χ3v) is 9.30. The predicted molar refractivity (Wildman–Crippen MR) is 145 cm³/mol. The van der Waals surface area contributed by atoms with Crippen LogP contribution in [0.25, 0.3) is 0 Å². The molecule has 0 aromatic heterocycles. The van der Waals surface area contributed by atoms with Crippen LogP contribution in [0.5, 0.6) is 0 Å². The fraction of sp³-hybridized carbons (Fsp3) is 0.724. The van der Waals surface area contributed by atoms with Gasteiger partial charge in [0.25, 0.3) is 0 Å². The van der Waals surface area contributed by atoms with Gasteiger partial charge in [-0.1, -0.05) is 44.2 Å². The van der Waals surface area contributed by atoms with Gasteiger partial charge in [0.15, 0.2) is 0 Å². The molecule has 0 radical (unpaired) electrons. The standard InChI is InChI=1S/C29H42BFN2O6/c1-27(2,3)37-26(35)33-16-20(31)15-21(33)17-36-25(34)32-24(12-18-10-8-7-9-11-18)30-38-23-14-19-13-22(28(19,4)5)29(23,6)39-30/h7-11,19-24H,12-17H2,1-6H3,(H,32,34)/t19-,20?,21?,22-,23+,24-,29-/m0/s1. The first kappa shape index (κ1) is 28.2. The molecule has 8 nitrogen and oxygen atoms in total. The van der Waals surface area contributed by atoms with Crippen LogP contribution in [0.4, 0.5) is 14.0 Å². The van der Waals surface area contributed by atoms with E-state index >= 15 is 0 Å². The lowest BCUT2D eigenvalue weighted by atomic mass is 9.43. The second-order valence-corrected chi connectivity index (χ2v) is 13.5. The first-order valence-corrected chi connectivity index (χ1v) is 14.2. The van der Waals surface area contributed by atoms with E-state index in [1.54, 1.807) is 20.8 Å². The molecule has 2 aliphatic heterocycles. The normalized spacial score (nSPS) is 33.7. The van der Waals surface area contributed by atoms with Crippen molar-refractivity contribution in [3.8, 4) is 0 Å². The third-order valence-electron chi connectivity index (χ3n) is 9.30. The maximum Gasteiger partial charge on any atom is 0.482 e. The SMILES string of the molecule is CC(C)(C)OC(=O)N1CC(F)CC1COC(=O)N[C@@H](Cc1ccccc1)B1O[C@@H]2C[C@@H]3C[C@@H](C3(C)C)[C@]2(C)O1. The van der Waals surface area contributed by atoms with Crippen LogP contribution in [-0.2, 0) is 25.2 Å². The number of amides is 2. The Morgan fingerprint density at radius 1 is 1.18 bits per heavy atom. The van der Waals surface area contributed by atoms with Gasteiger partial charge >= 0.3 is 19.3 Å². The molecule has 2 saturated heterocycles. The van der Waals surface area contributed by atoms with Gasteiger partial charge in [0.2, 0.25) is 0 Å². The number of hydrogen-bond acceptors (Lipinski definition) is 6. The van der Waals surface area contributed by atoms with Crippen LogP contribution in [0.1, 0.15) is 66.4 Å². The van der Waals surface area contributed by atoms with Gasteiger partial charge in [-0.3, -0.25) is 4.90 Å². The highest BCUT2D eigenvalue weighted by Gasteiger charge is 2.68. The summed E-state index contributed by atoms with van der Waals surface area (Å²) < 4.78 is 38.3. The molecule has 0 spiro atoms. The van der Waals surface area contributed by atoms with Gasteiger partial charge < -0.3 is 24.1 Å². The fourth-order valence-corrected chi connectivity index (χ4v) is 7.08. The molecule has 7 atom stereocenters. The molecular formula is C29H42BFN2O6. The Morgan fingerprint density at radius 2 is 1.90 bits per heavy atom. The number of alkyl carbamates (subject to hydrolysis) is 1. The van der Waals surface area contributed by atoms with Gasteiger partial charge in [-0.2, -0.15) is 0 Å². The maximum atomic E-state index is 14.2. The number of nitrogens with one attached hydrogen (secondary N) is 1. The van der Waals surface area contributed by atoms with E-state index in [0.717, 1.165) is 18.4 Å². The van der Waals surface area contributed by atoms with Crippen molar-refractivity contribution in [2.75, 3.05) is 13.2 Å². The fourth-order valence-electron chi connectivity index (χ4n) is 7.08. The van der Waals surface area contributed by atoms with E-state index in [1.165, 1.54) is 4.90 Å². The molecule has 2 unspecified atom stereocenters. The van der Waals surface area contributed by atoms with Crippen molar-refractivity contribution in [3.05, 3.63) is 35.9 Å². The topological polar surface area (TPSA) is 86.3 Å². The van der Waals surface area contributed by atoms with Crippen LogP contribution < -0.4 is 5.32 Å². The molecule has 3 saturated carbocycles. The van der Waals surface area contributed by atoms with Crippen molar-refractivity contribution < 1.29 is 32.8 Å². The second-order valence-electron chi connectivity index (χ2n) is 13.5. The largest absolute Gasteiger partial charge is 0.482 e. The van der Waals surface area contributed by atoms with Crippen molar-refractivity contribution >= 4 is 19.3 Å². The summed E-state index contributed by atoms with van der Waals surface area (Å²) in [6.07, 6.45) is 0.208. The van der Waals surface area contributed by atoms with Crippen LogP contribution in [0.3, 0.4) is 0 Å². The minimum atomic E-state index is -1.19. The Hall–Kier alpha value is -2.33. The number of alkyl halides is 1. The molecule has 2 amide bonds. The van der Waals surface area contributed by atoms with Crippen molar-refractivity contribution in [1.29, 1.82) is 0 Å². The van der Waals surface area contributed by atoms with Gasteiger partial charge in [-0.25, -0.2) is 14.0 Å². The maximum absolute atomic E-state index is 14.2. The molecule has 2 heterocycles.